The van der Waals surface area contributed by atoms with Gasteiger partial charge in [0.05, 0.1) is 6.61 Å². The molecule has 0 bridgehead atoms. The van der Waals surface area contributed by atoms with Crippen LogP contribution in [-0.2, 0) is 21.6 Å². The number of hydrogen-bond acceptors (Lipinski definition) is 5. The second kappa shape index (κ2) is 5.26. The van der Waals surface area contributed by atoms with Crippen molar-refractivity contribution in [3.8, 4) is 0 Å². The molecule has 110 valence electrons. The first-order chi connectivity index (χ1) is 9.41. The summed E-state index contributed by atoms with van der Waals surface area (Å²) in [5.41, 5.74) is -1.68. The van der Waals surface area contributed by atoms with E-state index >= 15 is 0 Å². The van der Waals surface area contributed by atoms with Crippen LogP contribution in [-0.4, -0.2) is 34.5 Å². The van der Waals surface area contributed by atoms with Crippen molar-refractivity contribution in [3.05, 3.63) is 44.4 Å². The number of nitrogens with zero attached hydrogens (tertiary/aromatic N) is 1. The average Bonchev–Trinajstić information content (AvgIpc) is 2.66. The Bertz CT molecular complexity index is 645. The van der Waals surface area contributed by atoms with Crippen LogP contribution in [0.25, 0.3) is 0 Å². The lowest BCUT2D eigenvalue weighted by Gasteiger charge is -2.26. The van der Waals surface area contributed by atoms with Crippen LogP contribution in [0.2, 0.25) is 0 Å². The summed E-state index contributed by atoms with van der Waals surface area (Å²) in [6, 6.07) is 0. The Morgan fingerprint density at radius 3 is 2.85 bits per heavy atom. The van der Waals surface area contributed by atoms with Gasteiger partial charge in [-0.3, -0.25) is 14.3 Å². The molecule has 2 rings (SSSR count). The van der Waals surface area contributed by atoms with Crippen molar-refractivity contribution >= 4 is 0 Å². The minimum absolute atomic E-state index is 0.00509. The molecule has 0 radical (unpaired) electrons. The number of aliphatic hydroxyl groups is 1. The van der Waals surface area contributed by atoms with Gasteiger partial charge in [0.15, 0.2) is 5.72 Å². The fourth-order valence-electron chi connectivity index (χ4n) is 2.24. The van der Waals surface area contributed by atoms with Crippen LogP contribution in [0.3, 0.4) is 0 Å². The first-order valence-electron chi connectivity index (χ1n) is 6.35. The standard InChI is InChI=1S/C13H18N2O5/c1-4-8-6-15(12(18)14-11(8)17)13(2)5-9(16)10(20-13)7-19-3/h5-6,10,16H,4,7H2,1-3H3,(H,14,17,18)/t10-,13+/m1/s1. The summed E-state index contributed by atoms with van der Waals surface area (Å²) in [6.45, 7) is 3.63. The van der Waals surface area contributed by atoms with Crippen molar-refractivity contribution in [1.29, 1.82) is 0 Å². The molecule has 0 saturated carbocycles. The van der Waals surface area contributed by atoms with E-state index < -0.39 is 23.1 Å². The van der Waals surface area contributed by atoms with Gasteiger partial charge in [-0.2, -0.15) is 0 Å². The Labute approximate surface area is 115 Å². The molecule has 1 aliphatic rings. The SMILES string of the molecule is CCc1cn([C@]2(C)C=C(O)[C@@H](COC)O2)c(=O)[nH]c1=O. The fourth-order valence-corrected chi connectivity index (χ4v) is 2.24. The topological polar surface area (TPSA) is 93.6 Å². The molecule has 20 heavy (non-hydrogen) atoms. The molecule has 2 N–H and O–H groups in total. The number of hydrogen-bond donors (Lipinski definition) is 2. The van der Waals surface area contributed by atoms with E-state index in [2.05, 4.69) is 4.98 Å². The number of methoxy groups -OCH3 is 1. The van der Waals surface area contributed by atoms with Gasteiger partial charge in [0.25, 0.3) is 5.56 Å². The van der Waals surface area contributed by atoms with Crippen molar-refractivity contribution < 1.29 is 14.6 Å². The van der Waals surface area contributed by atoms with Crippen LogP contribution in [0.1, 0.15) is 19.4 Å². The zero-order valence-corrected chi connectivity index (χ0v) is 11.7. The Morgan fingerprint density at radius 2 is 2.25 bits per heavy atom. The van der Waals surface area contributed by atoms with Gasteiger partial charge in [-0.15, -0.1) is 0 Å². The van der Waals surface area contributed by atoms with Crippen LogP contribution in [0.15, 0.2) is 27.6 Å². The minimum Gasteiger partial charge on any atom is -0.510 e. The molecule has 0 spiro atoms. The highest BCUT2D eigenvalue weighted by Crippen LogP contribution is 2.30. The first-order valence-corrected chi connectivity index (χ1v) is 6.35. The number of nitrogens with one attached hydrogen (secondary N) is 1. The van der Waals surface area contributed by atoms with E-state index in [-0.39, 0.29) is 12.4 Å². The third-order valence-electron chi connectivity index (χ3n) is 3.32. The van der Waals surface area contributed by atoms with Gasteiger partial charge in [-0.05, 0) is 13.3 Å². The van der Waals surface area contributed by atoms with E-state index in [0.717, 1.165) is 0 Å². The molecule has 1 aromatic heterocycles. The summed E-state index contributed by atoms with van der Waals surface area (Å²) >= 11 is 0. The summed E-state index contributed by atoms with van der Waals surface area (Å²) in [5.74, 6) is 0.00509. The van der Waals surface area contributed by atoms with Gasteiger partial charge >= 0.3 is 5.69 Å². The maximum Gasteiger partial charge on any atom is 0.330 e. The van der Waals surface area contributed by atoms with Crippen LogP contribution in [0.4, 0.5) is 0 Å². The van der Waals surface area contributed by atoms with Gasteiger partial charge < -0.3 is 14.6 Å². The van der Waals surface area contributed by atoms with Crippen molar-refractivity contribution in [3.63, 3.8) is 0 Å². The maximum atomic E-state index is 12.0. The predicted octanol–water partition coefficient (Wildman–Crippen LogP) is 0.259. The number of ether oxygens (including phenoxy) is 2. The van der Waals surface area contributed by atoms with E-state index in [1.165, 1.54) is 23.9 Å². The molecular weight excluding hydrogens is 264 g/mol. The van der Waals surface area contributed by atoms with Gasteiger partial charge in [-0.1, -0.05) is 6.92 Å². The number of aromatic nitrogens is 2. The Kier molecular flexibility index (Phi) is 3.82. The molecule has 2 atom stereocenters. The van der Waals surface area contributed by atoms with E-state index in [1.807, 2.05) is 6.92 Å². The number of aliphatic hydroxyl groups excluding tert-OH is 1. The summed E-state index contributed by atoms with van der Waals surface area (Å²) in [5, 5.41) is 9.86. The number of aromatic amines is 1. The third kappa shape index (κ3) is 2.41. The normalized spacial score (nSPS) is 25.8. The molecule has 7 nitrogen and oxygen atoms in total. The molecule has 0 saturated heterocycles. The van der Waals surface area contributed by atoms with Gasteiger partial charge in [0.2, 0.25) is 0 Å². The number of aryl methyl sites for hydroxylation is 1. The molecule has 0 fully saturated rings. The fraction of sp³-hybridized carbons (Fsp3) is 0.538. The van der Waals surface area contributed by atoms with Crippen LogP contribution in [0, 0.1) is 0 Å². The molecule has 1 aromatic rings. The molecule has 0 aromatic carbocycles. The minimum atomic E-state index is -1.15. The van der Waals surface area contributed by atoms with Crippen molar-refractivity contribution in [2.45, 2.75) is 32.1 Å². The molecule has 7 heteroatoms. The molecule has 1 aliphatic heterocycles. The van der Waals surface area contributed by atoms with Gasteiger partial charge in [-0.25, -0.2) is 4.79 Å². The van der Waals surface area contributed by atoms with E-state index in [9.17, 15) is 14.7 Å². The largest absolute Gasteiger partial charge is 0.510 e. The van der Waals surface area contributed by atoms with Crippen LogP contribution >= 0.6 is 0 Å². The molecule has 2 heterocycles. The average molecular weight is 282 g/mol. The zero-order valence-electron chi connectivity index (χ0n) is 11.7. The summed E-state index contributed by atoms with van der Waals surface area (Å²) in [4.78, 5) is 25.8. The third-order valence-corrected chi connectivity index (χ3v) is 3.32. The molecular formula is C13H18N2O5. The second-order valence-electron chi connectivity index (χ2n) is 4.82. The summed E-state index contributed by atoms with van der Waals surface area (Å²) in [6.07, 6.45) is 2.76. The van der Waals surface area contributed by atoms with Crippen molar-refractivity contribution in [1.82, 2.24) is 9.55 Å². The highest BCUT2D eigenvalue weighted by atomic mass is 16.6. The van der Waals surface area contributed by atoms with E-state index in [0.29, 0.717) is 12.0 Å². The lowest BCUT2D eigenvalue weighted by atomic mass is 10.2. The molecule has 0 amide bonds. The van der Waals surface area contributed by atoms with E-state index in [1.54, 1.807) is 6.92 Å². The maximum absolute atomic E-state index is 12.0. The highest BCUT2D eigenvalue weighted by Gasteiger charge is 2.39. The van der Waals surface area contributed by atoms with Crippen LogP contribution < -0.4 is 11.2 Å². The quantitative estimate of drug-likeness (QED) is 0.826. The monoisotopic (exact) mass is 282 g/mol. The van der Waals surface area contributed by atoms with Crippen LogP contribution in [0.5, 0.6) is 0 Å². The Balaban J connectivity index is 2.47. The smallest absolute Gasteiger partial charge is 0.330 e. The van der Waals surface area contributed by atoms with Gasteiger partial charge in [0.1, 0.15) is 11.9 Å². The second-order valence-corrected chi connectivity index (χ2v) is 4.82. The molecule has 0 unspecified atom stereocenters. The number of H-pyrrole nitrogens is 1. The molecule has 0 aliphatic carbocycles. The zero-order chi connectivity index (χ0) is 14.9. The Hall–Kier alpha value is -1.86. The summed E-state index contributed by atoms with van der Waals surface area (Å²) in [7, 11) is 1.49. The lowest BCUT2D eigenvalue weighted by molar-refractivity contribution is -0.0965. The van der Waals surface area contributed by atoms with Crippen molar-refractivity contribution in [2.24, 2.45) is 0 Å². The predicted molar refractivity (Wildman–Crippen MR) is 71.8 cm³/mol. The summed E-state index contributed by atoms with van der Waals surface area (Å²) < 4.78 is 11.9. The number of rotatable bonds is 4. The van der Waals surface area contributed by atoms with Gasteiger partial charge in [0, 0.05) is 24.9 Å². The Morgan fingerprint density at radius 1 is 1.55 bits per heavy atom. The first kappa shape index (κ1) is 14.5. The highest BCUT2D eigenvalue weighted by molar-refractivity contribution is 5.15. The van der Waals surface area contributed by atoms with Crippen molar-refractivity contribution in [2.75, 3.05) is 13.7 Å². The lowest BCUT2D eigenvalue weighted by Crippen LogP contribution is -2.43. The van der Waals surface area contributed by atoms with E-state index in [4.69, 9.17) is 9.47 Å².